The number of aromatic nitrogens is 1. The normalized spacial score (nSPS) is 12.4. The van der Waals surface area contributed by atoms with Gasteiger partial charge in [-0.25, -0.2) is 4.39 Å². The monoisotopic (exact) mass is 264 g/mol. The molecule has 2 aromatic rings. The molecule has 2 nitrogen and oxygen atoms in total. The van der Waals surface area contributed by atoms with Gasteiger partial charge in [0.05, 0.1) is 0 Å². The van der Waals surface area contributed by atoms with Crippen LogP contribution in [-0.4, -0.2) is 4.98 Å². The fourth-order valence-corrected chi connectivity index (χ4v) is 1.90. The number of aryl methyl sites for hydroxylation is 1. The van der Waals surface area contributed by atoms with Crippen LogP contribution in [-0.2, 0) is 6.42 Å². The van der Waals surface area contributed by atoms with Crippen molar-refractivity contribution >= 4 is 11.6 Å². The first kappa shape index (κ1) is 13.0. The molecule has 2 rings (SSSR count). The predicted molar refractivity (Wildman–Crippen MR) is 71.0 cm³/mol. The highest BCUT2D eigenvalue weighted by Crippen LogP contribution is 2.20. The number of nitrogens with zero attached hydrogens (tertiary/aromatic N) is 1. The lowest BCUT2D eigenvalue weighted by Crippen LogP contribution is -2.14. The van der Waals surface area contributed by atoms with Gasteiger partial charge in [-0.1, -0.05) is 23.7 Å². The summed E-state index contributed by atoms with van der Waals surface area (Å²) in [5.74, 6) is -0.321. The van der Waals surface area contributed by atoms with E-state index in [4.69, 9.17) is 17.3 Å². The van der Waals surface area contributed by atoms with Crippen LogP contribution in [0, 0.1) is 12.7 Å². The summed E-state index contributed by atoms with van der Waals surface area (Å²) >= 11 is 5.71. The van der Waals surface area contributed by atoms with Gasteiger partial charge in [0, 0.05) is 23.0 Å². The van der Waals surface area contributed by atoms with Gasteiger partial charge in [0.15, 0.2) is 0 Å². The minimum Gasteiger partial charge on any atom is -0.324 e. The highest BCUT2D eigenvalue weighted by atomic mass is 35.5. The second-order valence-corrected chi connectivity index (χ2v) is 4.72. The molecular formula is C14H14ClFN2. The molecule has 0 aliphatic heterocycles. The lowest BCUT2D eigenvalue weighted by Gasteiger charge is -2.12. The Morgan fingerprint density at radius 2 is 2.11 bits per heavy atom. The molecule has 0 aliphatic carbocycles. The quantitative estimate of drug-likeness (QED) is 0.923. The zero-order valence-corrected chi connectivity index (χ0v) is 10.8. The van der Waals surface area contributed by atoms with Gasteiger partial charge in [-0.05, 0) is 42.7 Å². The number of hydrogen-bond acceptors (Lipinski definition) is 2. The summed E-state index contributed by atoms with van der Waals surface area (Å²) < 4.78 is 13.6. The SMILES string of the molecule is Cc1ccc(C(N)Cc2ccc(Cl)cc2F)cn1. The van der Waals surface area contributed by atoms with E-state index in [1.54, 1.807) is 18.3 Å². The summed E-state index contributed by atoms with van der Waals surface area (Å²) in [6.07, 6.45) is 2.15. The summed E-state index contributed by atoms with van der Waals surface area (Å²) in [6.45, 7) is 1.91. The van der Waals surface area contributed by atoms with Crippen molar-refractivity contribution in [3.05, 3.63) is 64.2 Å². The van der Waals surface area contributed by atoms with Gasteiger partial charge in [-0.2, -0.15) is 0 Å². The van der Waals surface area contributed by atoms with E-state index in [0.29, 0.717) is 17.0 Å². The molecule has 0 spiro atoms. The Bertz CT molecular complexity index is 540. The van der Waals surface area contributed by atoms with E-state index in [1.807, 2.05) is 19.1 Å². The van der Waals surface area contributed by atoms with Gasteiger partial charge in [0.2, 0.25) is 0 Å². The fourth-order valence-electron chi connectivity index (χ4n) is 1.74. The first-order valence-corrected chi connectivity index (χ1v) is 6.06. The van der Waals surface area contributed by atoms with E-state index in [0.717, 1.165) is 11.3 Å². The molecule has 0 fully saturated rings. The molecule has 0 amide bonds. The lowest BCUT2D eigenvalue weighted by molar-refractivity contribution is 0.593. The van der Waals surface area contributed by atoms with Crippen LogP contribution in [0.15, 0.2) is 36.5 Å². The average Bonchev–Trinajstić information content (AvgIpc) is 2.33. The number of pyridine rings is 1. The Morgan fingerprint density at radius 1 is 1.33 bits per heavy atom. The van der Waals surface area contributed by atoms with Gasteiger partial charge in [0.25, 0.3) is 0 Å². The molecule has 0 aliphatic rings. The van der Waals surface area contributed by atoms with E-state index in [9.17, 15) is 4.39 Å². The summed E-state index contributed by atoms with van der Waals surface area (Å²) in [7, 11) is 0. The first-order valence-electron chi connectivity index (χ1n) is 5.68. The highest BCUT2D eigenvalue weighted by Gasteiger charge is 2.11. The molecule has 0 saturated heterocycles. The van der Waals surface area contributed by atoms with Crippen LogP contribution < -0.4 is 5.73 Å². The second-order valence-electron chi connectivity index (χ2n) is 4.28. The van der Waals surface area contributed by atoms with E-state index in [2.05, 4.69) is 4.98 Å². The van der Waals surface area contributed by atoms with Crippen LogP contribution in [0.25, 0.3) is 0 Å². The minimum atomic E-state index is -0.321. The van der Waals surface area contributed by atoms with Crippen molar-refractivity contribution < 1.29 is 4.39 Å². The van der Waals surface area contributed by atoms with E-state index < -0.39 is 0 Å². The molecule has 1 unspecified atom stereocenters. The van der Waals surface area contributed by atoms with E-state index in [1.165, 1.54) is 6.07 Å². The van der Waals surface area contributed by atoms with Crippen molar-refractivity contribution in [2.75, 3.05) is 0 Å². The molecule has 1 aromatic carbocycles. The van der Waals surface area contributed by atoms with Crippen molar-refractivity contribution in [1.29, 1.82) is 0 Å². The van der Waals surface area contributed by atoms with Crippen molar-refractivity contribution in [3.8, 4) is 0 Å². The Kier molecular flexibility index (Phi) is 3.94. The molecule has 0 radical (unpaired) electrons. The van der Waals surface area contributed by atoms with Gasteiger partial charge < -0.3 is 5.73 Å². The van der Waals surface area contributed by atoms with Crippen LogP contribution in [0.3, 0.4) is 0 Å². The van der Waals surface area contributed by atoms with Gasteiger partial charge in [-0.15, -0.1) is 0 Å². The van der Waals surface area contributed by atoms with Gasteiger partial charge >= 0.3 is 0 Å². The zero-order valence-electron chi connectivity index (χ0n) is 10.0. The Hall–Kier alpha value is -1.45. The van der Waals surface area contributed by atoms with E-state index in [-0.39, 0.29) is 11.9 Å². The Labute approximate surface area is 111 Å². The third-order valence-electron chi connectivity index (χ3n) is 2.82. The summed E-state index contributed by atoms with van der Waals surface area (Å²) in [4.78, 5) is 4.18. The van der Waals surface area contributed by atoms with Crippen LogP contribution in [0.5, 0.6) is 0 Å². The van der Waals surface area contributed by atoms with Crippen molar-refractivity contribution in [2.45, 2.75) is 19.4 Å². The van der Waals surface area contributed by atoms with Gasteiger partial charge in [0.1, 0.15) is 5.82 Å². The number of hydrogen-bond donors (Lipinski definition) is 1. The molecule has 0 saturated carbocycles. The summed E-state index contributed by atoms with van der Waals surface area (Å²) in [5, 5.41) is 0.391. The number of benzene rings is 1. The molecular weight excluding hydrogens is 251 g/mol. The van der Waals surface area contributed by atoms with Crippen molar-refractivity contribution in [2.24, 2.45) is 5.73 Å². The number of rotatable bonds is 3. The van der Waals surface area contributed by atoms with E-state index >= 15 is 0 Å². The summed E-state index contributed by atoms with van der Waals surface area (Å²) in [5.41, 5.74) is 8.44. The number of nitrogens with two attached hydrogens (primary N) is 1. The highest BCUT2D eigenvalue weighted by molar-refractivity contribution is 6.30. The molecule has 1 atom stereocenters. The van der Waals surface area contributed by atoms with Gasteiger partial charge in [-0.3, -0.25) is 4.98 Å². The molecule has 1 heterocycles. The topological polar surface area (TPSA) is 38.9 Å². The standard InChI is InChI=1S/C14H14ClFN2/c1-9-2-3-11(8-18-9)14(17)6-10-4-5-12(15)7-13(10)16/h2-5,7-8,14H,6,17H2,1H3. The smallest absolute Gasteiger partial charge is 0.127 e. The minimum absolute atomic E-state index is 0.270. The third-order valence-corrected chi connectivity index (χ3v) is 3.05. The fraction of sp³-hybridized carbons (Fsp3) is 0.214. The van der Waals surface area contributed by atoms with Crippen LogP contribution in [0.1, 0.15) is 22.9 Å². The predicted octanol–water partition coefficient (Wildman–Crippen LogP) is 3.43. The maximum absolute atomic E-state index is 13.6. The molecule has 0 bridgehead atoms. The Balaban J connectivity index is 2.15. The first-order chi connectivity index (χ1) is 8.56. The largest absolute Gasteiger partial charge is 0.324 e. The Morgan fingerprint density at radius 3 is 2.72 bits per heavy atom. The van der Waals surface area contributed by atoms with Crippen LogP contribution in [0.4, 0.5) is 4.39 Å². The molecule has 94 valence electrons. The van der Waals surface area contributed by atoms with Crippen LogP contribution >= 0.6 is 11.6 Å². The third kappa shape index (κ3) is 3.06. The maximum Gasteiger partial charge on any atom is 0.127 e. The lowest BCUT2D eigenvalue weighted by atomic mass is 10.0. The average molecular weight is 265 g/mol. The molecule has 2 N–H and O–H groups in total. The molecule has 4 heteroatoms. The van der Waals surface area contributed by atoms with Crippen molar-refractivity contribution in [3.63, 3.8) is 0 Å². The van der Waals surface area contributed by atoms with Crippen molar-refractivity contribution in [1.82, 2.24) is 4.98 Å². The van der Waals surface area contributed by atoms with Crippen LogP contribution in [0.2, 0.25) is 5.02 Å². The molecule has 1 aromatic heterocycles. The molecule has 18 heavy (non-hydrogen) atoms. The number of halogens is 2. The zero-order chi connectivity index (χ0) is 13.1. The summed E-state index contributed by atoms with van der Waals surface area (Å²) in [6, 6.07) is 8.18. The second kappa shape index (κ2) is 5.46. The maximum atomic E-state index is 13.6.